The summed E-state index contributed by atoms with van der Waals surface area (Å²) in [7, 11) is 1.38. The zero-order chi connectivity index (χ0) is 20.5. The monoisotopic (exact) mass is 386 g/mol. The smallest absolute Gasteiger partial charge is 0.492 e. The van der Waals surface area contributed by atoms with E-state index in [-0.39, 0.29) is 11.5 Å². The molecule has 0 aliphatic heterocycles. The number of Topliss-reactive ketones (excluding diaryl/α,β-unsaturated/α-hetero) is 1. The summed E-state index contributed by atoms with van der Waals surface area (Å²) in [6.45, 7) is 0. The summed E-state index contributed by atoms with van der Waals surface area (Å²) < 4.78 is 10.2. The number of methoxy groups -OCH3 is 2. The number of phenols is 1. The number of benzene rings is 2. The van der Waals surface area contributed by atoms with Crippen LogP contribution in [0.1, 0.15) is 36.8 Å². The molecular formula is C21H27BO6. The van der Waals surface area contributed by atoms with Gasteiger partial charge >= 0.3 is 7.12 Å². The lowest BCUT2D eigenvalue weighted by atomic mass is 9.78. The first-order chi connectivity index (χ1) is 13.4. The van der Waals surface area contributed by atoms with Crippen LogP contribution in [0, 0.1) is 0 Å². The fourth-order valence-corrected chi connectivity index (χ4v) is 3.08. The van der Waals surface area contributed by atoms with Crippen molar-refractivity contribution < 1.29 is 29.4 Å². The van der Waals surface area contributed by atoms with E-state index in [0.29, 0.717) is 36.2 Å². The van der Waals surface area contributed by atoms with Crippen molar-refractivity contribution in [2.75, 3.05) is 14.2 Å². The molecule has 0 saturated heterocycles. The summed E-state index contributed by atoms with van der Waals surface area (Å²) in [6, 6.07) is 10.5. The number of phenolic OH excluding ortho intramolecular Hbond substituents is 1. The maximum absolute atomic E-state index is 12.1. The van der Waals surface area contributed by atoms with E-state index in [9.17, 15) is 19.9 Å². The van der Waals surface area contributed by atoms with Crippen LogP contribution in [0.4, 0.5) is 0 Å². The molecule has 0 aliphatic rings. The predicted octanol–water partition coefficient (Wildman–Crippen LogP) is 2.00. The molecule has 0 bridgehead atoms. The molecule has 0 aliphatic carbocycles. The van der Waals surface area contributed by atoms with Crippen LogP contribution in [0.5, 0.6) is 17.2 Å². The second-order valence-electron chi connectivity index (χ2n) is 6.70. The first kappa shape index (κ1) is 21.8. The van der Waals surface area contributed by atoms with Gasteiger partial charge in [-0.1, -0.05) is 18.2 Å². The Morgan fingerprint density at radius 1 is 0.893 bits per heavy atom. The van der Waals surface area contributed by atoms with Crippen molar-refractivity contribution in [3.63, 3.8) is 0 Å². The fraction of sp³-hybridized carbons (Fsp3) is 0.381. The van der Waals surface area contributed by atoms with Crippen molar-refractivity contribution in [3.8, 4) is 17.2 Å². The van der Waals surface area contributed by atoms with Crippen molar-refractivity contribution in [2.45, 2.75) is 38.5 Å². The van der Waals surface area contributed by atoms with Gasteiger partial charge in [0.15, 0.2) is 11.5 Å². The molecule has 2 aromatic carbocycles. The van der Waals surface area contributed by atoms with Crippen molar-refractivity contribution in [1.82, 2.24) is 0 Å². The number of hydrogen-bond donors (Lipinski definition) is 3. The van der Waals surface area contributed by atoms with Gasteiger partial charge in [0.2, 0.25) is 0 Å². The van der Waals surface area contributed by atoms with Gasteiger partial charge in [0, 0.05) is 18.3 Å². The maximum Gasteiger partial charge on any atom is 0.492 e. The van der Waals surface area contributed by atoms with E-state index in [1.165, 1.54) is 14.2 Å². The van der Waals surface area contributed by atoms with E-state index in [2.05, 4.69) is 0 Å². The number of carbonyl (C=O) groups excluding carboxylic acids is 1. The molecule has 2 rings (SSSR count). The Balaban J connectivity index is 1.75. The van der Waals surface area contributed by atoms with Crippen LogP contribution in [0.25, 0.3) is 0 Å². The topological polar surface area (TPSA) is 96.2 Å². The number of aromatic hydroxyl groups is 1. The highest BCUT2D eigenvalue weighted by molar-refractivity contribution is 6.59. The number of carbonyl (C=O) groups is 1. The van der Waals surface area contributed by atoms with Gasteiger partial charge in [-0.3, -0.25) is 4.79 Å². The average molecular weight is 386 g/mol. The second kappa shape index (κ2) is 10.7. The van der Waals surface area contributed by atoms with E-state index in [1.54, 1.807) is 18.2 Å². The molecule has 0 fully saturated rings. The van der Waals surface area contributed by atoms with Gasteiger partial charge in [-0.2, -0.15) is 0 Å². The number of ketones is 1. The summed E-state index contributed by atoms with van der Waals surface area (Å²) in [6.07, 6.45) is 3.98. The molecule has 0 atom stereocenters. The van der Waals surface area contributed by atoms with Crippen molar-refractivity contribution in [3.05, 3.63) is 47.5 Å². The number of rotatable bonds is 11. The summed E-state index contributed by atoms with van der Waals surface area (Å²) >= 11 is 0. The van der Waals surface area contributed by atoms with Crippen LogP contribution in [0.3, 0.4) is 0 Å². The number of hydrogen-bond acceptors (Lipinski definition) is 6. The SMILES string of the molecule is COc1cc(CCCCC(=O)CCc2ccc(OC)c(B(O)O)c2)ccc1O. The molecule has 3 N–H and O–H groups in total. The molecule has 150 valence electrons. The molecule has 0 spiro atoms. The first-order valence-corrected chi connectivity index (χ1v) is 9.35. The van der Waals surface area contributed by atoms with E-state index >= 15 is 0 Å². The summed E-state index contributed by atoms with van der Waals surface area (Å²) in [4.78, 5) is 12.1. The van der Waals surface area contributed by atoms with Gasteiger partial charge in [0.1, 0.15) is 11.5 Å². The Bertz CT molecular complexity index is 790. The summed E-state index contributed by atoms with van der Waals surface area (Å²) in [5.41, 5.74) is 2.24. The summed E-state index contributed by atoms with van der Waals surface area (Å²) in [5, 5.41) is 28.4. The van der Waals surface area contributed by atoms with Crippen LogP contribution in [-0.2, 0) is 17.6 Å². The van der Waals surface area contributed by atoms with Gasteiger partial charge in [-0.05, 0) is 55.0 Å². The quantitative estimate of drug-likeness (QED) is 0.404. The Kier molecular flexibility index (Phi) is 8.35. The van der Waals surface area contributed by atoms with Gasteiger partial charge < -0.3 is 24.6 Å². The largest absolute Gasteiger partial charge is 0.504 e. The minimum absolute atomic E-state index is 0.122. The minimum Gasteiger partial charge on any atom is -0.504 e. The normalized spacial score (nSPS) is 10.6. The molecule has 2 aromatic rings. The van der Waals surface area contributed by atoms with E-state index in [1.807, 2.05) is 18.2 Å². The van der Waals surface area contributed by atoms with Crippen molar-refractivity contribution >= 4 is 18.4 Å². The molecule has 7 heteroatoms. The van der Waals surface area contributed by atoms with Gasteiger partial charge in [-0.25, -0.2) is 0 Å². The Hall–Kier alpha value is -2.51. The molecule has 0 aromatic heterocycles. The van der Waals surface area contributed by atoms with Gasteiger partial charge in [-0.15, -0.1) is 0 Å². The van der Waals surface area contributed by atoms with Gasteiger partial charge in [0.05, 0.1) is 14.2 Å². The lowest BCUT2D eigenvalue weighted by Gasteiger charge is -2.10. The predicted molar refractivity (Wildman–Crippen MR) is 108 cm³/mol. The second-order valence-corrected chi connectivity index (χ2v) is 6.70. The third-order valence-electron chi connectivity index (χ3n) is 4.68. The molecule has 0 radical (unpaired) electrons. The van der Waals surface area contributed by atoms with E-state index in [4.69, 9.17) is 9.47 Å². The lowest BCUT2D eigenvalue weighted by Crippen LogP contribution is -2.31. The first-order valence-electron chi connectivity index (χ1n) is 9.35. The standard InChI is InChI=1S/C21H27BO6/c1-27-20-12-9-16(13-18(20)22(25)26)7-10-17(23)6-4-3-5-15-8-11-19(24)21(14-15)28-2/h8-9,11-14,24-26H,3-7,10H2,1-2H3. The van der Waals surface area contributed by atoms with Crippen LogP contribution < -0.4 is 14.9 Å². The molecule has 0 amide bonds. The molecule has 0 heterocycles. The molecule has 28 heavy (non-hydrogen) atoms. The number of unbranched alkanes of at least 4 members (excludes halogenated alkanes) is 1. The van der Waals surface area contributed by atoms with Crippen LogP contribution in [0.15, 0.2) is 36.4 Å². The molecule has 0 unspecified atom stereocenters. The average Bonchev–Trinajstić information content (AvgIpc) is 2.70. The third-order valence-corrected chi connectivity index (χ3v) is 4.68. The number of ether oxygens (including phenoxy) is 2. The summed E-state index contributed by atoms with van der Waals surface area (Å²) in [5.74, 6) is 1.18. The van der Waals surface area contributed by atoms with E-state index in [0.717, 1.165) is 30.4 Å². The zero-order valence-electron chi connectivity index (χ0n) is 16.4. The number of aryl methyl sites for hydroxylation is 2. The molecule has 6 nitrogen and oxygen atoms in total. The highest BCUT2D eigenvalue weighted by Crippen LogP contribution is 2.27. The zero-order valence-corrected chi connectivity index (χ0v) is 16.4. The van der Waals surface area contributed by atoms with E-state index < -0.39 is 7.12 Å². The highest BCUT2D eigenvalue weighted by atomic mass is 16.5. The van der Waals surface area contributed by atoms with Crippen LogP contribution in [-0.4, -0.2) is 42.3 Å². The lowest BCUT2D eigenvalue weighted by molar-refractivity contribution is -0.119. The Morgan fingerprint density at radius 3 is 2.25 bits per heavy atom. The molecule has 0 saturated carbocycles. The third kappa shape index (κ3) is 6.28. The van der Waals surface area contributed by atoms with Crippen molar-refractivity contribution in [2.24, 2.45) is 0 Å². The maximum atomic E-state index is 12.1. The minimum atomic E-state index is -1.61. The van der Waals surface area contributed by atoms with Gasteiger partial charge in [0.25, 0.3) is 0 Å². The van der Waals surface area contributed by atoms with Crippen LogP contribution >= 0.6 is 0 Å². The highest BCUT2D eigenvalue weighted by Gasteiger charge is 2.17. The fourth-order valence-electron chi connectivity index (χ4n) is 3.08. The van der Waals surface area contributed by atoms with Crippen LogP contribution in [0.2, 0.25) is 0 Å². The molecular weight excluding hydrogens is 359 g/mol. The Labute approximate surface area is 165 Å². The Morgan fingerprint density at radius 2 is 1.57 bits per heavy atom. The van der Waals surface area contributed by atoms with Crippen molar-refractivity contribution in [1.29, 1.82) is 0 Å².